The molecule has 1 rings (SSSR count). The maximum absolute atomic E-state index is 13.4. The molecule has 0 radical (unpaired) electrons. The van der Waals surface area contributed by atoms with Crippen LogP contribution < -0.4 is 0 Å². The molecule has 0 spiro atoms. The van der Waals surface area contributed by atoms with Crippen LogP contribution in [0.5, 0.6) is 0 Å². The first-order chi connectivity index (χ1) is 13.2. The van der Waals surface area contributed by atoms with Crippen molar-refractivity contribution in [2.45, 2.75) is 45.0 Å². The Kier molecular flexibility index (Phi) is 10.6. The number of halogens is 1. The summed E-state index contributed by atoms with van der Waals surface area (Å²) in [5, 5.41) is 0. The predicted octanol–water partition coefficient (Wildman–Crippen LogP) is 6.03. The van der Waals surface area contributed by atoms with Crippen molar-refractivity contribution >= 4 is 33.0 Å². The summed E-state index contributed by atoms with van der Waals surface area (Å²) in [6, 6.07) is 9.23. The summed E-state index contributed by atoms with van der Waals surface area (Å²) >= 11 is 6.62. The Morgan fingerprint density at radius 3 is 1.68 bits per heavy atom. The molecular weight excluding hydrogens is 424 g/mol. The fraction of sp³-hybridized carbons (Fsp3) is 0.611. The highest BCUT2D eigenvalue weighted by Crippen LogP contribution is 2.70. The van der Waals surface area contributed by atoms with Crippen molar-refractivity contribution in [2.24, 2.45) is 4.99 Å². The van der Waals surface area contributed by atoms with E-state index in [4.69, 9.17) is 29.7 Å². The number of hydrogen-bond donors (Lipinski definition) is 0. The van der Waals surface area contributed by atoms with Crippen LogP contribution in [-0.2, 0) is 32.1 Å². The summed E-state index contributed by atoms with van der Waals surface area (Å²) in [5.74, 6) is 0. The van der Waals surface area contributed by atoms with Crippen LogP contribution in [0, 0.1) is 0 Å². The minimum atomic E-state index is -3.96. The van der Waals surface area contributed by atoms with E-state index in [0.717, 1.165) is 5.56 Å². The van der Waals surface area contributed by atoms with Crippen molar-refractivity contribution in [1.29, 1.82) is 0 Å². The summed E-state index contributed by atoms with van der Waals surface area (Å²) in [6.07, 6.45) is 1.38. The van der Waals surface area contributed by atoms with Crippen LogP contribution in [0.25, 0.3) is 0 Å². The van der Waals surface area contributed by atoms with Crippen molar-refractivity contribution < 1.29 is 27.2 Å². The summed E-state index contributed by atoms with van der Waals surface area (Å²) < 4.78 is 48.4. The molecule has 1 aromatic carbocycles. The lowest BCUT2D eigenvalue weighted by molar-refractivity contribution is 0.196. The van der Waals surface area contributed by atoms with E-state index >= 15 is 0 Å². The zero-order chi connectivity index (χ0) is 21.3. The molecule has 0 aromatic heterocycles. The van der Waals surface area contributed by atoms with Gasteiger partial charge in [-0.15, -0.1) is 11.6 Å². The Labute approximate surface area is 172 Å². The molecule has 7 nitrogen and oxygen atoms in total. The van der Waals surface area contributed by atoms with E-state index in [0.29, 0.717) is 0 Å². The third kappa shape index (κ3) is 6.77. The van der Waals surface area contributed by atoms with Gasteiger partial charge < -0.3 is 18.1 Å². The van der Waals surface area contributed by atoms with Crippen LogP contribution in [-0.4, -0.2) is 38.2 Å². The van der Waals surface area contributed by atoms with Gasteiger partial charge in [0.2, 0.25) is 0 Å². The first-order valence-corrected chi connectivity index (χ1v) is 12.9. The Morgan fingerprint density at radius 2 is 1.32 bits per heavy atom. The van der Waals surface area contributed by atoms with E-state index in [-0.39, 0.29) is 26.4 Å². The van der Waals surface area contributed by atoms with Crippen LogP contribution in [0.15, 0.2) is 35.3 Å². The van der Waals surface area contributed by atoms with Gasteiger partial charge in [-0.25, -0.2) is 0 Å². The third-order valence-electron chi connectivity index (χ3n) is 3.59. The topological polar surface area (TPSA) is 83.4 Å². The summed E-state index contributed by atoms with van der Waals surface area (Å²) in [4.78, 5) is 3.27. The lowest BCUT2D eigenvalue weighted by atomic mass is 10.0. The number of hydrogen-bond acceptors (Lipinski definition) is 7. The van der Waals surface area contributed by atoms with Gasteiger partial charge in [0.1, 0.15) is 4.87 Å². The molecule has 0 saturated heterocycles. The second-order valence-electron chi connectivity index (χ2n) is 5.82. The SMILES string of the molecule is CCOP(=O)(OCC)C(/N=C/C(C)(Cl)c1ccccc1)P(=O)(OCC)OCC. The Morgan fingerprint density at radius 1 is 0.929 bits per heavy atom. The molecular formula is C18H30ClNO6P2. The van der Waals surface area contributed by atoms with Crippen molar-refractivity contribution in [3.63, 3.8) is 0 Å². The van der Waals surface area contributed by atoms with Gasteiger partial charge in [-0.2, -0.15) is 0 Å². The van der Waals surface area contributed by atoms with Gasteiger partial charge in [0.15, 0.2) is 0 Å². The average molecular weight is 454 g/mol. The van der Waals surface area contributed by atoms with E-state index in [1.807, 2.05) is 30.3 Å². The van der Waals surface area contributed by atoms with Gasteiger partial charge in [-0.3, -0.25) is 14.1 Å². The maximum atomic E-state index is 13.4. The number of alkyl halides is 1. The molecule has 1 atom stereocenters. The van der Waals surface area contributed by atoms with Crippen molar-refractivity contribution in [3.8, 4) is 0 Å². The van der Waals surface area contributed by atoms with Crippen LogP contribution in [0.1, 0.15) is 40.2 Å². The first kappa shape index (κ1) is 25.5. The van der Waals surface area contributed by atoms with Gasteiger partial charge in [0.05, 0.1) is 26.4 Å². The first-order valence-electron chi connectivity index (χ1n) is 9.25. The van der Waals surface area contributed by atoms with Crippen molar-refractivity contribution in [1.82, 2.24) is 0 Å². The average Bonchev–Trinajstić information content (AvgIpc) is 2.63. The van der Waals surface area contributed by atoms with Crippen molar-refractivity contribution in [2.75, 3.05) is 26.4 Å². The molecule has 0 bridgehead atoms. The monoisotopic (exact) mass is 453 g/mol. The molecule has 0 aliphatic rings. The largest absolute Gasteiger partial charge is 0.367 e. The van der Waals surface area contributed by atoms with Gasteiger partial charge >= 0.3 is 15.2 Å². The minimum Gasteiger partial charge on any atom is -0.307 e. The predicted molar refractivity (Wildman–Crippen MR) is 114 cm³/mol. The van der Waals surface area contributed by atoms with Crippen LogP contribution in [0.4, 0.5) is 0 Å². The van der Waals surface area contributed by atoms with E-state index in [9.17, 15) is 9.13 Å². The Hall–Kier alpha value is -0.520. The molecule has 0 N–H and O–H groups in total. The fourth-order valence-electron chi connectivity index (χ4n) is 2.44. The molecule has 0 saturated carbocycles. The molecule has 1 aromatic rings. The summed E-state index contributed by atoms with van der Waals surface area (Å²) in [5.41, 5.74) is -0.717. The van der Waals surface area contributed by atoms with Gasteiger partial charge in [-0.1, -0.05) is 30.3 Å². The number of aliphatic imine (C=N–C) groups is 1. The minimum absolute atomic E-state index is 0.0817. The molecule has 0 heterocycles. The second kappa shape index (κ2) is 11.6. The molecule has 0 aliphatic heterocycles. The van der Waals surface area contributed by atoms with Gasteiger partial charge in [0, 0.05) is 6.21 Å². The summed E-state index contributed by atoms with van der Waals surface area (Å²) in [7, 11) is -7.92. The highest BCUT2D eigenvalue weighted by molar-refractivity contribution is 7.72. The zero-order valence-electron chi connectivity index (χ0n) is 17.0. The molecule has 0 fully saturated rings. The Balaban J connectivity index is 3.45. The van der Waals surface area contributed by atoms with Gasteiger partial charge in [0.25, 0.3) is 5.52 Å². The lowest BCUT2D eigenvalue weighted by Gasteiger charge is -2.29. The number of benzene rings is 1. The van der Waals surface area contributed by atoms with E-state index in [1.165, 1.54) is 6.21 Å². The number of nitrogens with zero attached hydrogens (tertiary/aromatic N) is 1. The molecule has 1 unspecified atom stereocenters. The maximum Gasteiger partial charge on any atom is 0.367 e. The van der Waals surface area contributed by atoms with Crippen LogP contribution in [0.3, 0.4) is 0 Å². The van der Waals surface area contributed by atoms with Gasteiger partial charge in [-0.05, 0) is 40.2 Å². The molecule has 10 heteroatoms. The third-order valence-corrected chi connectivity index (χ3v) is 9.47. The highest BCUT2D eigenvalue weighted by Gasteiger charge is 2.51. The highest BCUT2D eigenvalue weighted by atomic mass is 35.5. The number of rotatable bonds is 13. The fourth-order valence-corrected chi connectivity index (χ4v) is 7.39. The van der Waals surface area contributed by atoms with Crippen LogP contribution >= 0.6 is 26.8 Å². The quantitative estimate of drug-likeness (QED) is 0.206. The van der Waals surface area contributed by atoms with Crippen molar-refractivity contribution in [3.05, 3.63) is 35.9 Å². The molecule has 160 valence electrons. The second-order valence-corrected chi connectivity index (χ2v) is 11.2. The standard InChI is InChI=1S/C18H30ClNO6P2/c1-6-23-27(21,24-7-2)17(28(22,25-8-3)26-9-4)20-15-18(5,19)16-13-11-10-12-14-16/h10-15,17H,6-9H2,1-5H3/b20-15+. The van der Waals surface area contributed by atoms with E-state index < -0.39 is 25.6 Å². The van der Waals surface area contributed by atoms with E-state index in [1.54, 1.807) is 34.6 Å². The molecule has 0 aliphatic carbocycles. The summed E-state index contributed by atoms with van der Waals surface area (Å²) in [6.45, 7) is 8.70. The Bertz CT molecular complexity index is 663. The molecule has 0 amide bonds. The van der Waals surface area contributed by atoms with E-state index in [2.05, 4.69) is 4.99 Å². The lowest BCUT2D eigenvalue weighted by Crippen LogP contribution is -2.20. The normalized spacial score (nSPS) is 15.2. The smallest absolute Gasteiger partial charge is 0.307 e. The zero-order valence-corrected chi connectivity index (χ0v) is 19.6. The molecule has 28 heavy (non-hydrogen) atoms. The van der Waals surface area contributed by atoms with Crippen LogP contribution in [0.2, 0.25) is 0 Å².